The third-order valence-corrected chi connectivity index (χ3v) is 3.32. The average molecular weight is 308 g/mol. The van der Waals surface area contributed by atoms with Gasteiger partial charge in [0, 0.05) is 16.7 Å². The summed E-state index contributed by atoms with van der Waals surface area (Å²) in [6.07, 6.45) is 0. The topological polar surface area (TPSA) is 3.24 Å². The third-order valence-electron chi connectivity index (χ3n) is 2.83. The Morgan fingerprint density at radius 2 is 1.94 bits per heavy atom. The standard InChI is InChI=1S/C15H15BrFN/c1-3-18(13-6-4-5-11(2)9-13)15-10-12(16)7-8-14(15)17/h4-10H,3H2,1-2H3. The first-order valence-corrected chi connectivity index (χ1v) is 6.70. The summed E-state index contributed by atoms with van der Waals surface area (Å²) in [5.74, 6) is -0.207. The highest BCUT2D eigenvalue weighted by molar-refractivity contribution is 9.10. The van der Waals surface area contributed by atoms with E-state index in [1.54, 1.807) is 12.1 Å². The highest BCUT2D eigenvalue weighted by Crippen LogP contribution is 2.30. The summed E-state index contributed by atoms with van der Waals surface area (Å²) < 4.78 is 14.8. The Balaban J connectivity index is 2.48. The Morgan fingerprint density at radius 1 is 1.17 bits per heavy atom. The van der Waals surface area contributed by atoms with Crippen molar-refractivity contribution in [3.63, 3.8) is 0 Å². The molecule has 2 aromatic carbocycles. The summed E-state index contributed by atoms with van der Waals surface area (Å²) in [5, 5.41) is 0. The van der Waals surface area contributed by atoms with E-state index >= 15 is 0 Å². The molecule has 0 saturated heterocycles. The van der Waals surface area contributed by atoms with E-state index in [1.807, 2.05) is 36.9 Å². The van der Waals surface area contributed by atoms with Crippen molar-refractivity contribution in [2.75, 3.05) is 11.4 Å². The van der Waals surface area contributed by atoms with Crippen molar-refractivity contribution in [1.29, 1.82) is 0 Å². The molecule has 94 valence electrons. The lowest BCUT2D eigenvalue weighted by Gasteiger charge is -2.24. The molecular weight excluding hydrogens is 293 g/mol. The number of halogens is 2. The van der Waals surface area contributed by atoms with Gasteiger partial charge in [-0.25, -0.2) is 4.39 Å². The Labute approximate surface area is 115 Å². The van der Waals surface area contributed by atoms with Crippen LogP contribution in [0.1, 0.15) is 12.5 Å². The molecule has 0 amide bonds. The van der Waals surface area contributed by atoms with Gasteiger partial charge in [0.2, 0.25) is 0 Å². The Morgan fingerprint density at radius 3 is 2.61 bits per heavy atom. The summed E-state index contributed by atoms with van der Waals surface area (Å²) in [7, 11) is 0. The molecule has 0 saturated carbocycles. The van der Waals surface area contributed by atoms with Gasteiger partial charge in [0.1, 0.15) is 5.82 Å². The fourth-order valence-corrected chi connectivity index (χ4v) is 2.33. The lowest BCUT2D eigenvalue weighted by Crippen LogP contribution is -2.17. The zero-order valence-electron chi connectivity index (χ0n) is 10.5. The van der Waals surface area contributed by atoms with Gasteiger partial charge in [0.25, 0.3) is 0 Å². The third kappa shape index (κ3) is 2.72. The van der Waals surface area contributed by atoms with Gasteiger partial charge in [-0.15, -0.1) is 0 Å². The summed E-state index contributed by atoms with van der Waals surface area (Å²) in [6.45, 7) is 4.77. The number of benzene rings is 2. The molecule has 3 heteroatoms. The maximum absolute atomic E-state index is 13.9. The molecular formula is C15H15BrFN. The van der Waals surface area contributed by atoms with E-state index in [9.17, 15) is 4.39 Å². The second kappa shape index (κ2) is 5.53. The van der Waals surface area contributed by atoms with E-state index in [1.165, 1.54) is 11.6 Å². The minimum atomic E-state index is -0.207. The van der Waals surface area contributed by atoms with Gasteiger partial charge in [0.05, 0.1) is 5.69 Å². The van der Waals surface area contributed by atoms with Crippen LogP contribution in [0.3, 0.4) is 0 Å². The van der Waals surface area contributed by atoms with Gasteiger partial charge in [0.15, 0.2) is 0 Å². The van der Waals surface area contributed by atoms with Gasteiger partial charge < -0.3 is 4.90 Å². The van der Waals surface area contributed by atoms with Gasteiger partial charge in [-0.05, 0) is 49.7 Å². The van der Waals surface area contributed by atoms with Crippen LogP contribution in [-0.2, 0) is 0 Å². The van der Waals surface area contributed by atoms with Crippen molar-refractivity contribution in [3.8, 4) is 0 Å². The molecule has 0 spiro atoms. The second-order valence-corrected chi connectivity index (χ2v) is 5.09. The highest BCUT2D eigenvalue weighted by atomic mass is 79.9. The van der Waals surface area contributed by atoms with E-state index in [-0.39, 0.29) is 5.82 Å². The fraction of sp³-hybridized carbons (Fsp3) is 0.200. The number of anilines is 2. The first kappa shape index (κ1) is 13.1. The average Bonchev–Trinajstić information content (AvgIpc) is 2.35. The van der Waals surface area contributed by atoms with E-state index < -0.39 is 0 Å². The van der Waals surface area contributed by atoms with Crippen LogP contribution in [0.2, 0.25) is 0 Å². The van der Waals surface area contributed by atoms with Crippen molar-refractivity contribution in [1.82, 2.24) is 0 Å². The van der Waals surface area contributed by atoms with Crippen molar-refractivity contribution in [2.45, 2.75) is 13.8 Å². The molecule has 1 nitrogen and oxygen atoms in total. The molecule has 0 aliphatic carbocycles. The number of nitrogens with zero attached hydrogens (tertiary/aromatic N) is 1. The van der Waals surface area contributed by atoms with Crippen LogP contribution < -0.4 is 4.90 Å². The minimum absolute atomic E-state index is 0.207. The Hall–Kier alpha value is -1.35. The number of rotatable bonds is 3. The van der Waals surface area contributed by atoms with E-state index in [0.29, 0.717) is 5.69 Å². The van der Waals surface area contributed by atoms with E-state index in [0.717, 1.165) is 16.7 Å². The molecule has 2 aromatic rings. The lowest BCUT2D eigenvalue weighted by atomic mass is 10.2. The number of hydrogen-bond donors (Lipinski definition) is 0. The van der Waals surface area contributed by atoms with Crippen LogP contribution >= 0.6 is 15.9 Å². The van der Waals surface area contributed by atoms with Crippen LogP contribution in [0.15, 0.2) is 46.9 Å². The van der Waals surface area contributed by atoms with Gasteiger partial charge in [-0.1, -0.05) is 28.1 Å². The lowest BCUT2D eigenvalue weighted by molar-refractivity contribution is 0.625. The maximum atomic E-state index is 13.9. The molecule has 0 fully saturated rings. The Bertz CT molecular complexity index is 554. The predicted octanol–water partition coefficient (Wildman–Crippen LogP) is 5.05. The van der Waals surface area contributed by atoms with E-state index in [2.05, 4.69) is 22.0 Å². The first-order valence-electron chi connectivity index (χ1n) is 5.91. The second-order valence-electron chi connectivity index (χ2n) is 4.18. The van der Waals surface area contributed by atoms with Crippen molar-refractivity contribution in [3.05, 3.63) is 58.3 Å². The largest absolute Gasteiger partial charge is 0.339 e. The maximum Gasteiger partial charge on any atom is 0.146 e. The van der Waals surface area contributed by atoms with Crippen LogP contribution in [0.5, 0.6) is 0 Å². The normalized spacial score (nSPS) is 10.4. The smallest absolute Gasteiger partial charge is 0.146 e. The zero-order chi connectivity index (χ0) is 13.1. The number of hydrogen-bond acceptors (Lipinski definition) is 1. The zero-order valence-corrected chi connectivity index (χ0v) is 12.0. The van der Waals surface area contributed by atoms with Gasteiger partial charge >= 0.3 is 0 Å². The summed E-state index contributed by atoms with van der Waals surface area (Å²) >= 11 is 3.39. The molecule has 0 heterocycles. The molecule has 0 aliphatic rings. The molecule has 0 aliphatic heterocycles. The molecule has 0 radical (unpaired) electrons. The van der Waals surface area contributed by atoms with Gasteiger partial charge in [-0.2, -0.15) is 0 Å². The van der Waals surface area contributed by atoms with Crippen molar-refractivity contribution >= 4 is 27.3 Å². The first-order chi connectivity index (χ1) is 8.61. The summed E-state index contributed by atoms with van der Waals surface area (Å²) in [6, 6.07) is 13.1. The summed E-state index contributed by atoms with van der Waals surface area (Å²) in [4.78, 5) is 1.97. The molecule has 0 bridgehead atoms. The number of aryl methyl sites for hydroxylation is 1. The quantitative estimate of drug-likeness (QED) is 0.766. The highest BCUT2D eigenvalue weighted by Gasteiger charge is 2.12. The predicted molar refractivity (Wildman–Crippen MR) is 78.0 cm³/mol. The fourth-order valence-electron chi connectivity index (χ4n) is 1.98. The van der Waals surface area contributed by atoms with Crippen LogP contribution in [0, 0.1) is 12.7 Å². The molecule has 0 unspecified atom stereocenters. The molecule has 0 N–H and O–H groups in total. The molecule has 2 rings (SSSR count). The monoisotopic (exact) mass is 307 g/mol. The van der Waals surface area contributed by atoms with Crippen LogP contribution in [0.4, 0.5) is 15.8 Å². The molecule has 18 heavy (non-hydrogen) atoms. The summed E-state index contributed by atoms with van der Waals surface area (Å²) in [5.41, 5.74) is 2.77. The SMILES string of the molecule is CCN(c1cccc(C)c1)c1cc(Br)ccc1F. The van der Waals surface area contributed by atoms with Crippen LogP contribution in [0.25, 0.3) is 0 Å². The van der Waals surface area contributed by atoms with Crippen LogP contribution in [-0.4, -0.2) is 6.54 Å². The van der Waals surface area contributed by atoms with Crippen molar-refractivity contribution < 1.29 is 4.39 Å². The van der Waals surface area contributed by atoms with E-state index in [4.69, 9.17) is 0 Å². The Kier molecular flexibility index (Phi) is 4.02. The molecule has 0 aromatic heterocycles. The van der Waals surface area contributed by atoms with Crippen molar-refractivity contribution in [2.24, 2.45) is 0 Å². The molecule has 0 atom stereocenters. The minimum Gasteiger partial charge on any atom is -0.339 e. The van der Waals surface area contributed by atoms with Gasteiger partial charge in [-0.3, -0.25) is 0 Å².